The van der Waals surface area contributed by atoms with Crippen molar-refractivity contribution in [3.8, 4) is 0 Å². The number of nitrogens with zero attached hydrogens (tertiary/aromatic N) is 3. The molecular weight excluding hydrogens is 222 g/mol. The van der Waals surface area contributed by atoms with Gasteiger partial charge in [-0.25, -0.2) is 0 Å². The normalized spacial score (nSPS) is 21.4. The van der Waals surface area contributed by atoms with Gasteiger partial charge >= 0.3 is 0 Å². The Morgan fingerprint density at radius 1 is 1.41 bits per heavy atom. The van der Waals surface area contributed by atoms with E-state index >= 15 is 0 Å². The third-order valence-corrected chi connectivity index (χ3v) is 3.19. The van der Waals surface area contributed by atoms with Crippen molar-refractivity contribution in [2.45, 2.75) is 13.0 Å². The van der Waals surface area contributed by atoms with Crippen LogP contribution >= 0.6 is 0 Å². The van der Waals surface area contributed by atoms with Gasteiger partial charge < -0.3 is 14.9 Å². The molecule has 2 amide bonds. The molecule has 1 heterocycles. The van der Waals surface area contributed by atoms with Gasteiger partial charge in [-0.05, 0) is 7.05 Å². The Morgan fingerprint density at radius 2 is 2.06 bits per heavy atom. The molecule has 0 spiro atoms. The van der Waals surface area contributed by atoms with Crippen molar-refractivity contribution < 1.29 is 14.7 Å². The summed E-state index contributed by atoms with van der Waals surface area (Å²) in [6.07, 6.45) is 0. The lowest BCUT2D eigenvalue weighted by Crippen LogP contribution is -2.58. The summed E-state index contributed by atoms with van der Waals surface area (Å²) in [5.74, 6) is -0.0480. The maximum Gasteiger partial charge on any atom is 0.241 e. The van der Waals surface area contributed by atoms with E-state index in [1.54, 1.807) is 11.9 Å². The molecule has 1 aliphatic heterocycles. The summed E-state index contributed by atoms with van der Waals surface area (Å²) < 4.78 is 0. The van der Waals surface area contributed by atoms with E-state index in [-0.39, 0.29) is 24.5 Å². The molecule has 0 aromatic rings. The minimum Gasteiger partial charge on any atom is -0.395 e. The molecule has 1 N–H and O–H groups in total. The highest BCUT2D eigenvalue weighted by atomic mass is 16.3. The van der Waals surface area contributed by atoms with Crippen LogP contribution in [0.25, 0.3) is 0 Å². The van der Waals surface area contributed by atoms with Crippen molar-refractivity contribution in [3.63, 3.8) is 0 Å². The molecule has 0 aromatic heterocycles. The molecule has 0 saturated carbocycles. The first-order chi connectivity index (χ1) is 7.97. The van der Waals surface area contributed by atoms with Crippen LogP contribution in [0.15, 0.2) is 0 Å². The van der Waals surface area contributed by atoms with E-state index in [0.717, 1.165) is 0 Å². The zero-order chi connectivity index (χ0) is 13.0. The van der Waals surface area contributed by atoms with Crippen LogP contribution in [-0.2, 0) is 9.59 Å². The maximum absolute atomic E-state index is 12.1. The average molecular weight is 243 g/mol. The van der Waals surface area contributed by atoms with Gasteiger partial charge in [0.25, 0.3) is 0 Å². The number of piperazine rings is 1. The van der Waals surface area contributed by atoms with Crippen LogP contribution in [0, 0.1) is 0 Å². The molecule has 98 valence electrons. The highest BCUT2D eigenvalue weighted by Crippen LogP contribution is 2.10. The number of hydrogen-bond acceptors (Lipinski definition) is 4. The predicted molar refractivity (Wildman–Crippen MR) is 63.4 cm³/mol. The number of aliphatic hydroxyl groups excluding tert-OH is 1. The van der Waals surface area contributed by atoms with Crippen LogP contribution in [0.4, 0.5) is 0 Å². The Balaban J connectivity index is 2.66. The van der Waals surface area contributed by atoms with Gasteiger partial charge in [0.1, 0.15) is 6.04 Å². The van der Waals surface area contributed by atoms with Crippen molar-refractivity contribution in [1.82, 2.24) is 14.7 Å². The zero-order valence-electron chi connectivity index (χ0n) is 10.7. The molecule has 1 fully saturated rings. The van der Waals surface area contributed by atoms with Crippen LogP contribution in [0.2, 0.25) is 0 Å². The lowest BCUT2D eigenvalue weighted by molar-refractivity contribution is -0.141. The predicted octanol–water partition coefficient (Wildman–Crippen LogP) is -1.40. The Morgan fingerprint density at radius 3 is 2.59 bits per heavy atom. The Labute approximate surface area is 102 Å². The molecule has 1 aliphatic rings. The molecule has 6 nitrogen and oxygen atoms in total. The molecule has 0 bridgehead atoms. The lowest BCUT2D eigenvalue weighted by atomic mass is 10.1. The smallest absolute Gasteiger partial charge is 0.241 e. The number of carbonyl (C=O) groups is 2. The van der Waals surface area contributed by atoms with Crippen molar-refractivity contribution in [2.24, 2.45) is 0 Å². The molecule has 1 saturated heterocycles. The Bertz CT molecular complexity index is 296. The first kappa shape index (κ1) is 13.9. The number of carbonyl (C=O) groups excluding carboxylic acids is 2. The quantitative estimate of drug-likeness (QED) is 0.662. The monoisotopic (exact) mass is 243 g/mol. The van der Waals surface area contributed by atoms with E-state index in [1.807, 2.05) is 11.9 Å². The summed E-state index contributed by atoms with van der Waals surface area (Å²) in [7, 11) is 3.55. The van der Waals surface area contributed by atoms with Gasteiger partial charge in [-0.15, -0.1) is 0 Å². The number of hydrogen-bond donors (Lipinski definition) is 1. The first-order valence-electron chi connectivity index (χ1n) is 5.79. The molecule has 1 atom stereocenters. The van der Waals surface area contributed by atoms with Crippen LogP contribution in [0.3, 0.4) is 0 Å². The first-order valence-corrected chi connectivity index (χ1v) is 5.79. The maximum atomic E-state index is 12.1. The summed E-state index contributed by atoms with van der Waals surface area (Å²) >= 11 is 0. The number of aliphatic hydroxyl groups is 1. The highest BCUT2D eigenvalue weighted by molar-refractivity contribution is 5.83. The molecule has 0 aliphatic carbocycles. The summed E-state index contributed by atoms with van der Waals surface area (Å²) in [5, 5.41) is 8.82. The standard InChI is InChI=1S/C11H21N3O3/c1-9(16)14-5-4-12(2)10(8-14)11(17)13(3)6-7-15/h10,15H,4-8H2,1-3H3. The minimum atomic E-state index is -0.302. The van der Waals surface area contributed by atoms with Gasteiger partial charge in [-0.1, -0.05) is 0 Å². The second-order valence-corrected chi connectivity index (χ2v) is 4.44. The lowest BCUT2D eigenvalue weighted by Gasteiger charge is -2.39. The summed E-state index contributed by atoms with van der Waals surface area (Å²) in [6.45, 7) is 3.59. The van der Waals surface area contributed by atoms with Crippen molar-refractivity contribution in [3.05, 3.63) is 0 Å². The van der Waals surface area contributed by atoms with Crippen LogP contribution in [-0.4, -0.2) is 84.5 Å². The average Bonchev–Trinajstić information content (AvgIpc) is 2.28. The van der Waals surface area contributed by atoms with Crippen LogP contribution in [0.1, 0.15) is 6.92 Å². The van der Waals surface area contributed by atoms with Gasteiger partial charge in [0.05, 0.1) is 6.61 Å². The van der Waals surface area contributed by atoms with Gasteiger partial charge in [-0.2, -0.15) is 0 Å². The number of amides is 2. The fourth-order valence-corrected chi connectivity index (χ4v) is 1.94. The molecule has 17 heavy (non-hydrogen) atoms. The molecule has 1 unspecified atom stereocenters. The third kappa shape index (κ3) is 3.41. The summed E-state index contributed by atoms with van der Waals surface area (Å²) in [5.41, 5.74) is 0. The molecular formula is C11H21N3O3. The second-order valence-electron chi connectivity index (χ2n) is 4.44. The van der Waals surface area contributed by atoms with E-state index in [4.69, 9.17) is 5.11 Å². The fraction of sp³-hybridized carbons (Fsp3) is 0.818. The zero-order valence-corrected chi connectivity index (χ0v) is 10.7. The largest absolute Gasteiger partial charge is 0.395 e. The van der Waals surface area contributed by atoms with Gasteiger partial charge in [0.2, 0.25) is 11.8 Å². The molecule has 6 heteroatoms. The van der Waals surface area contributed by atoms with Crippen LogP contribution < -0.4 is 0 Å². The van der Waals surface area contributed by atoms with Crippen molar-refractivity contribution in [2.75, 3.05) is 46.9 Å². The Hall–Kier alpha value is -1.14. The van der Waals surface area contributed by atoms with E-state index < -0.39 is 0 Å². The summed E-state index contributed by atoms with van der Waals surface area (Å²) in [4.78, 5) is 28.6. The third-order valence-electron chi connectivity index (χ3n) is 3.19. The second kappa shape index (κ2) is 5.97. The fourth-order valence-electron chi connectivity index (χ4n) is 1.94. The molecule has 0 aromatic carbocycles. The SMILES string of the molecule is CC(=O)N1CCN(C)C(C(=O)N(C)CCO)C1. The molecule has 1 rings (SSSR count). The van der Waals surface area contributed by atoms with Gasteiger partial charge in [0.15, 0.2) is 0 Å². The van der Waals surface area contributed by atoms with E-state index in [2.05, 4.69) is 0 Å². The van der Waals surface area contributed by atoms with E-state index in [9.17, 15) is 9.59 Å². The molecule has 0 radical (unpaired) electrons. The number of rotatable bonds is 3. The van der Waals surface area contributed by atoms with E-state index in [1.165, 1.54) is 11.8 Å². The van der Waals surface area contributed by atoms with E-state index in [0.29, 0.717) is 26.2 Å². The van der Waals surface area contributed by atoms with Crippen LogP contribution in [0.5, 0.6) is 0 Å². The topological polar surface area (TPSA) is 64.1 Å². The van der Waals surface area contributed by atoms with Gasteiger partial charge in [0, 0.05) is 40.2 Å². The highest BCUT2D eigenvalue weighted by Gasteiger charge is 2.32. The Kier molecular flexibility index (Phi) is 4.89. The number of likely N-dealkylation sites (N-methyl/N-ethyl adjacent to an activating group) is 2. The van der Waals surface area contributed by atoms with Crippen molar-refractivity contribution in [1.29, 1.82) is 0 Å². The summed E-state index contributed by atoms with van der Waals surface area (Å²) in [6, 6.07) is -0.302. The van der Waals surface area contributed by atoms with Gasteiger partial charge in [-0.3, -0.25) is 14.5 Å². The van der Waals surface area contributed by atoms with Crippen molar-refractivity contribution >= 4 is 11.8 Å². The minimum absolute atomic E-state index is 0.000659.